The summed E-state index contributed by atoms with van der Waals surface area (Å²) in [4.78, 5) is 4.28. The molecule has 0 spiro atoms. The van der Waals surface area contributed by atoms with Crippen LogP contribution in [-0.2, 0) is 0 Å². The quantitative estimate of drug-likeness (QED) is 0.846. The lowest BCUT2D eigenvalue weighted by atomic mass is 10.1. The summed E-state index contributed by atoms with van der Waals surface area (Å²) >= 11 is 0. The van der Waals surface area contributed by atoms with E-state index in [1.54, 1.807) is 0 Å². The van der Waals surface area contributed by atoms with Gasteiger partial charge in [0.15, 0.2) is 0 Å². The maximum absolute atomic E-state index is 5.90. The summed E-state index contributed by atoms with van der Waals surface area (Å²) in [5, 5.41) is 0. The second-order valence-corrected chi connectivity index (χ2v) is 4.58. The van der Waals surface area contributed by atoms with E-state index in [0.29, 0.717) is 12.6 Å². The summed E-state index contributed by atoms with van der Waals surface area (Å²) in [5.41, 5.74) is 8.26. The molecular formula is C15H21N3. The molecule has 2 rings (SSSR count). The molecule has 3 nitrogen and oxygen atoms in total. The monoisotopic (exact) mass is 243 g/mol. The number of imidazole rings is 1. The van der Waals surface area contributed by atoms with Crippen LogP contribution in [0, 0.1) is 0 Å². The van der Waals surface area contributed by atoms with Gasteiger partial charge in [0, 0.05) is 12.6 Å². The van der Waals surface area contributed by atoms with E-state index in [-0.39, 0.29) is 0 Å². The zero-order valence-electron chi connectivity index (χ0n) is 10.9. The molecule has 0 aliphatic carbocycles. The Morgan fingerprint density at radius 3 is 2.72 bits per heavy atom. The summed E-state index contributed by atoms with van der Waals surface area (Å²) in [5.74, 6) is 0. The van der Waals surface area contributed by atoms with Crippen LogP contribution in [0.25, 0.3) is 11.3 Å². The molecule has 1 aromatic carbocycles. The minimum atomic E-state index is 0.350. The van der Waals surface area contributed by atoms with Crippen LogP contribution in [-0.4, -0.2) is 16.1 Å². The number of nitrogens with two attached hydrogens (primary N) is 1. The van der Waals surface area contributed by atoms with Gasteiger partial charge >= 0.3 is 0 Å². The lowest BCUT2D eigenvalue weighted by molar-refractivity contribution is 0.461. The lowest BCUT2D eigenvalue weighted by Crippen LogP contribution is -2.19. The summed E-state index contributed by atoms with van der Waals surface area (Å²) in [7, 11) is 0. The van der Waals surface area contributed by atoms with Crippen molar-refractivity contribution in [3.8, 4) is 11.3 Å². The first kappa shape index (κ1) is 12.8. The molecule has 1 unspecified atom stereocenters. The summed E-state index contributed by atoms with van der Waals surface area (Å²) in [6, 6.07) is 10.7. The van der Waals surface area contributed by atoms with Crippen molar-refractivity contribution in [2.75, 3.05) is 6.54 Å². The molecule has 0 saturated heterocycles. The van der Waals surface area contributed by atoms with Gasteiger partial charge < -0.3 is 10.3 Å². The van der Waals surface area contributed by atoms with Gasteiger partial charge in [0.05, 0.1) is 18.2 Å². The van der Waals surface area contributed by atoms with Crippen molar-refractivity contribution < 1.29 is 0 Å². The molecule has 1 atom stereocenters. The molecule has 18 heavy (non-hydrogen) atoms. The number of hydrogen-bond acceptors (Lipinski definition) is 2. The molecule has 1 aromatic heterocycles. The Hall–Kier alpha value is -1.61. The van der Waals surface area contributed by atoms with Gasteiger partial charge in [0.1, 0.15) is 0 Å². The zero-order chi connectivity index (χ0) is 12.8. The highest BCUT2D eigenvalue weighted by Crippen LogP contribution is 2.24. The number of hydrogen-bond donors (Lipinski definition) is 1. The van der Waals surface area contributed by atoms with E-state index in [2.05, 4.69) is 40.7 Å². The molecule has 96 valence electrons. The molecule has 0 saturated carbocycles. The van der Waals surface area contributed by atoms with Crippen molar-refractivity contribution in [2.45, 2.75) is 32.2 Å². The van der Waals surface area contributed by atoms with Gasteiger partial charge in [-0.05, 0) is 12.0 Å². The predicted molar refractivity (Wildman–Crippen MR) is 75.3 cm³/mol. The van der Waals surface area contributed by atoms with Crippen LogP contribution >= 0.6 is 0 Å². The Morgan fingerprint density at radius 1 is 1.28 bits per heavy atom. The number of aromatic nitrogens is 2. The fourth-order valence-corrected chi connectivity index (χ4v) is 2.24. The van der Waals surface area contributed by atoms with Crippen LogP contribution in [0.3, 0.4) is 0 Å². The Bertz CT molecular complexity index is 462. The Labute approximate surface area is 109 Å². The second kappa shape index (κ2) is 6.36. The van der Waals surface area contributed by atoms with E-state index >= 15 is 0 Å². The first-order valence-electron chi connectivity index (χ1n) is 6.64. The smallest absolute Gasteiger partial charge is 0.0954 e. The van der Waals surface area contributed by atoms with Gasteiger partial charge in [0.25, 0.3) is 0 Å². The summed E-state index contributed by atoms with van der Waals surface area (Å²) in [6.07, 6.45) is 7.34. The van der Waals surface area contributed by atoms with E-state index in [1.165, 1.54) is 18.4 Å². The standard InChI is InChI=1S/C15H21N3/c1-2-3-9-14(10-16)18-12-17-11-15(18)13-7-5-4-6-8-13/h4-8,11-12,14H,2-3,9-10,16H2,1H3. The minimum Gasteiger partial charge on any atom is -0.328 e. The van der Waals surface area contributed by atoms with Crippen LogP contribution in [0.1, 0.15) is 32.2 Å². The van der Waals surface area contributed by atoms with Gasteiger partial charge in [-0.2, -0.15) is 0 Å². The van der Waals surface area contributed by atoms with Gasteiger partial charge in [-0.25, -0.2) is 4.98 Å². The summed E-state index contributed by atoms with van der Waals surface area (Å²) < 4.78 is 2.21. The maximum Gasteiger partial charge on any atom is 0.0954 e. The van der Waals surface area contributed by atoms with Gasteiger partial charge in [-0.1, -0.05) is 50.1 Å². The van der Waals surface area contributed by atoms with Gasteiger partial charge in [0.2, 0.25) is 0 Å². The van der Waals surface area contributed by atoms with Crippen molar-refractivity contribution in [2.24, 2.45) is 5.73 Å². The van der Waals surface area contributed by atoms with E-state index in [0.717, 1.165) is 12.1 Å². The van der Waals surface area contributed by atoms with E-state index < -0.39 is 0 Å². The van der Waals surface area contributed by atoms with Crippen LogP contribution in [0.2, 0.25) is 0 Å². The Kier molecular flexibility index (Phi) is 4.53. The zero-order valence-corrected chi connectivity index (χ0v) is 10.9. The van der Waals surface area contributed by atoms with E-state index in [4.69, 9.17) is 5.73 Å². The van der Waals surface area contributed by atoms with Crippen LogP contribution < -0.4 is 5.73 Å². The van der Waals surface area contributed by atoms with Crippen molar-refractivity contribution in [1.29, 1.82) is 0 Å². The second-order valence-electron chi connectivity index (χ2n) is 4.58. The largest absolute Gasteiger partial charge is 0.328 e. The molecule has 0 fully saturated rings. The third kappa shape index (κ3) is 2.79. The molecule has 0 amide bonds. The highest BCUT2D eigenvalue weighted by molar-refractivity contribution is 5.58. The minimum absolute atomic E-state index is 0.350. The third-order valence-electron chi connectivity index (χ3n) is 3.29. The number of nitrogens with zero attached hydrogens (tertiary/aromatic N) is 2. The summed E-state index contributed by atoms with van der Waals surface area (Å²) in [6.45, 7) is 2.87. The lowest BCUT2D eigenvalue weighted by Gasteiger charge is -2.19. The Balaban J connectivity index is 2.26. The average Bonchev–Trinajstić information content (AvgIpc) is 2.90. The van der Waals surface area contributed by atoms with Crippen molar-refractivity contribution in [3.63, 3.8) is 0 Å². The molecule has 0 radical (unpaired) electrons. The van der Waals surface area contributed by atoms with Gasteiger partial charge in [-0.3, -0.25) is 0 Å². The fraction of sp³-hybridized carbons (Fsp3) is 0.400. The average molecular weight is 243 g/mol. The molecule has 0 aliphatic rings. The highest BCUT2D eigenvalue weighted by atomic mass is 15.1. The first-order valence-corrected chi connectivity index (χ1v) is 6.64. The normalized spacial score (nSPS) is 12.6. The molecule has 0 bridgehead atoms. The molecule has 2 N–H and O–H groups in total. The van der Waals surface area contributed by atoms with E-state index in [9.17, 15) is 0 Å². The van der Waals surface area contributed by atoms with Gasteiger partial charge in [-0.15, -0.1) is 0 Å². The topological polar surface area (TPSA) is 43.8 Å². The number of benzene rings is 1. The molecule has 3 heteroatoms. The van der Waals surface area contributed by atoms with Crippen molar-refractivity contribution >= 4 is 0 Å². The number of rotatable bonds is 6. The first-order chi connectivity index (χ1) is 8.86. The van der Waals surface area contributed by atoms with Crippen LogP contribution in [0.15, 0.2) is 42.9 Å². The Morgan fingerprint density at radius 2 is 2.06 bits per heavy atom. The van der Waals surface area contributed by atoms with Crippen LogP contribution in [0.5, 0.6) is 0 Å². The SMILES string of the molecule is CCCCC(CN)n1cncc1-c1ccccc1. The van der Waals surface area contributed by atoms with E-state index in [1.807, 2.05) is 18.6 Å². The van der Waals surface area contributed by atoms with Crippen molar-refractivity contribution in [1.82, 2.24) is 9.55 Å². The maximum atomic E-state index is 5.90. The molecular weight excluding hydrogens is 222 g/mol. The third-order valence-corrected chi connectivity index (χ3v) is 3.29. The molecule has 0 aliphatic heterocycles. The highest BCUT2D eigenvalue weighted by Gasteiger charge is 2.13. The predicted octanol–water partition coefficient (Wildman–Crippen LogP) is 3.24. The molecule has 1 heterocycles. The van der Waals surface area contributed by atoms with Crippen molar-refractivity contribution in [3.05, 3.63) is 42.9 Å². The van der Waals surface area contributed by atoms with Crippen LogP contribution in [0.4, 0.5) is 0 Å². The fourth-order valence-electron chi connectivity index (χ4n) is 2.24. The number of unbranched alkanes of at least 4 members (excludes halogenated alkanes) is 1. The molecule has 2 aromatic rings.